The van der Waals surface area contributed by atoms with Crippen LogP contribution in [0.25, 0.3) is 0 Å². The molecule has 0 bridgehead atoms. The van der Waals surface area contributed by atoms with Crippen molar-refractivity contribution in [2.45, 2.75) is 24.4 Å². The monoisotopic (exact) mass is 256 g/mol. The van der Waals surface area contributed by atoms with Crippen LogP contribution in [0.1, 0.15) is 0 Å². The summed E-state index contributed by atoms with van der Waals surface area (Å²) in [6.45, 7) is 0. The Bertz CT molecular complexity index is 211. The summed E-state index contributed by atoms with van der Waals surface area (Å²) in [5, 5.41) is 51.5. The van der Waals surface area contributed by atoms with Crippen LogP contribution in [-0.2, 0) is 9.59 Å². The van der Waals surface area contributed by atoms with Gasteiger partial charge in [-0.05, 0) is 0 Å². The van der Waals surface area contributed by atoms with Gasteiger partial charge in [0.15, 0.2) is 12.2 Å². The van der Waals surface area contributed by atoms with E-state index in [1.165, 1.54) is 0 Å². The molecule has 84 valence electrons. The SMILES string of the molecule is O=C(O)[C@@H](O)[C@@H](O)[C@H](O)[C@@H](O)C(=O)O.[Na].[Na]. The molecule has 0 saturated heterocycles. The average molecular weight is 256 g/mol. The van der Waals surface area contributed by atoms with E-state index in [0.717, 1.165) is 0 Å². The van der Waals surface area contributed by atoms with Gasteiger partial charge in [-0.25, -0.2) is 9.59 Å². The van der Waals surface area contributed by atoms with Crippen LogP contribution in [0.3, 0.4) is 0 Å². The number of aliphatic hydroxyl groups excluding tert-OH is 4. The fourth-order valence-corrected chi connectivity index (χ4v) is 0.666. The van der Waals surface area contributed by atoms with Crippen LogP contribution in [0, 0.1) is 0 Å². The van der Waals surface area contributed by atoms with Gasteiger partial charge >= 0.3 is 11.9 Å². The summed E-state index contributed by atoms with van der Waals surface area (Å²) in [5.74, 6) is -3.68. The van der Waals surface area contributed by atoms with E-state index in [1.807, 2.05) is 0 Å². The summed E-state index contributed by atoms with van der Waals surface area (Å²) in [6.07, 6.45) is -9.28. The number of carboxylic acids is 2. The molecule has 0 aliphatic rings. The molecule has 8 nitrogen and oxygen atoms in total. The van der Waals surface area contributed by atoms with Crippen molar-refractivity contribution in [1.29, 1.82) is 0 Å². The molecule has 4 atom stereocenters. The topological polar surface area (TPSA) is 156 Å². The van der Waals surface area contributed by atoms with E-state index < -0.39 is 36.4 Å². The fraction of sp³-hybridized carbons (Fsp3) is 0.667. The standard InChI is InChI=1S/C6H10O8.2Na/c7-1(3(9)5(11)12)2(8)4(10)6(13)14;;/h1-4,7-10H,(H,11,12)(H,13,14);;/t1-,2-,3-,4+;;/m0../s1. The molecule has 0 aliphatic carbocycles. The molecule has 0 unspecified atom stereocenters. The van der Waals surface area contributed by atoms with Gasteiger partial charge in [0.05, 0.1) is 0 Å². The number of hydrogen-bond acceptors (Lipinski definition) is 6. The van der Waals surface area contributed by atoms with Crippen LogP contribution in [-0.4, -0.2) is 126 Å². The molecule has 0 aromatic rings. The molecule has 0 heterocycles. The van der Waals surface area contributed by atoms with Crippen molar-refractivity contribution in [2.24, 2.45) is 0 Å². The van der Waals surface area contributed by atoms with Gasteiger partial charge in [0.25, 0.3) is 0 Å². The number of carboxylic acid groups (broad SMARTS) is 2. The molecule has 0 fully saturated rings. The van der Waals surface area contributed by atoms with Crippen LogP contribution in [0.5, 0.6) is 0 Å². The van der Waals surface area contributed by atoms with Gasteiger partial charge in [0.1, 0.15) is 12.2 Å². The second-order valence-electron chi connectivity index (χ2n) is 2.55. The summed E-state index contributed by atoms with van der Waals surface area (Å²) < 4.78 is 0. The van der Waals surface area contributed by atoms with Crippen molar-refractivity contribution in [2.75, 3.05) is 0 Å². The van der Waals surface area contributed by atoms with Crippen LogP contribution in [0.2, 0.25) is 0 Å². The van der Waals surface area contributed by atoms with Crippen molar-refractivity contribution in [3.05, 3.63) is 0 Å². The summed E-state index contributed by atoms with van der Waals surface area (Å²) in [4.78, 5) is 20.2. The van der Waals surface area contributed by atoms with Crippen molar-refractivity contribution < 1.29 is 40.2 Å². The zero-order chi connectivity index (χ0) is 11.5. The molecule has 0 amide bonds. The third-order valence-corrected chi connectivity index (χ3v) is 1.50. The average Bonchev–Trinajstić information content (AvgIpc) is 2.12. The first-order valence-electron chi connectivity index (χ1n) is 3.47. The van der Waals surface area contributed by atoms with E-state index in [9.17, 15) is 9.59 Å². The minimum Gasteiger partial charge on any atom is -0.479 e. The Morgan fingerprint density at radius 1 is 0.688 bits per heavy atom. The Morgan fingerprint density at radius 3 is 1.00 bits per heavy atom. The first kappa shape index (κ1) is 22.0. The predicted molar refractivity (Wildman–Crippen MR) is 50.8 cm³/mol. The quantitative estimate of drug-likeness (QED) is 0.271. The van der Waals surface area contributed by atoms with E-state index in [-0.39, 0.29) is 59.1 Å². The summed E-state index contributed by atoms with van der Waals surface area (Å²) >= 11 is 0. The first-order chi connectivity index (χ1) is 6.29. The molecule has 0 saturated carbocycles. The maximum absolute atomic E-state index is 10.1. The van der Waals surface area contributed by atoms with Gasteiger partial charge in [-0.15, -0.1) is 0 Å². The molecule has 0 rings (SSSR count). The summed E-state index contributed by atoms with van der Waals surface area (Å²) in [5.41, 5.74) is 0. The maximum Gasteiger partial charge on any atom is 0.335 e. The molecular formula is C6H10Na2O8. The minimum atomic E-state index is -2.36. The van der Waals surface area contributed by atoms with E-state index in [0.29, 0.717) is 0 Å². The van der Waals surface area contributed by atoms with Crippen LogP contribution < -0.4 is 0 Å². The molecule has 0 aromatic heterocycles. The van der Waals surface area contributed by atoms with Crippen LogP contribution in [0.4, 0.5) is 0 Å². The maximum atomic E-state index is 10.1. The van der Waals surface area contributed by atoms with Crippen LogP contribution in [0.15, 0.2) is 0 Å². The molecule has 6 N–H and O–H groups in total. The van der Waals surface area contributed by atoms with Gasteiger partial charge in [0.2, 0.25) is 0 Å². The minimum absolute atomic E-state index is 0. The van der Waals surface area contributed by atoms with Gasteiger partial charge in [0, 0.05) is 59.1 Å². The largest absolute Gasteiger partial charge is 0.479 e. The zero-order valence-electron chi connectivity index (χ0n) is 8.81. The number of carbonyl (C=O) groups is 2. The molecule has 0 aromatic carbocycles. The van der Waals surface area contributed by atoms with E-state index in [4.69, 9.17) is 30.6 Å². The molecule has 2 radical (unpaired) electrons. The predicted octanol–water partition coefficient (Wildman–Crippen LogP) is -4.16. The third kappa shape index (κ3) is 6.50. The molecule has 10 heteroatoms. The molecule has 16 heavy (non-hydrogen) atoms. The van der Waals surface area contributed by atoms with Gasteiger partial charge in [-0.2, -0.15) is 0 Å². The number of aliphatic hydroxyl groups is 4. The third-order valence-electron chi connectivity index (χ3n) is 1.50. The molecular weight excluding hydrogens is 246 g/mol. The van der Waals surface area contributed by atoms with Crippen molar-refractivity contribution in [1.82, 2.24) is 0 Å². The Kier molecular flexibility index (Phi) is 13.4. The number of hydrogen-bond donors (Lipinski definition) is 6. The normalized spacial score (nSPS) is 17.0. The Balaban J connectivity index is -0.000000845. The van der Waals surface area contributed by atoms with E-state index in [2.05, 4.69) is 0 Å². The molecule has 0 spiro atoms. The van der Waals surface area contributed by atoms with Crippen molar-refractivity contribution >= 4 is 71.1 Å². The second kappa shape index (κ2) is 9.77. The van der Waals surface area contributed by atoms with Gasteiger partial charge < -0.3 is 30.6 Å². The van der Waals surface area contributed by atoms with Crippen LogP contribution >= 0.6 is 0 Å². The molecule has 0 aliphatic heterocycles. The Morgan fingerprint density at radius 2 is 0.875 bits per heavy atom. The Labute approximate surface area is 134 Å². The Hall–Kier alpha value is 0.780. The zero-order valence-corrected chi connectivity index (χ0v) is 12.8. The smallest absolute Gasteiger partial charge is 0.335 e. The van der Waals surface area contributed by atoms with Gasteiger partial charge in [-0.1, -0.05) is 0 Å². The van der Waals surface area contributed by atoms with E-state index >= 15 is 0 Å². The second-order valence-corrected chi connectivity index (χ2v) is 2.55. The van der Waals surface area contributed by atoms with Gasteiger partial charge in [-0.3, -0.25) is 0 Å². The number of aliphatic carboxylic acids is 2. The first-order valence-corrected chi connectivity index (χ1v) is 3.47. The summed E-state index contributed by atoms with van der Waals surface area (Å²) in [7, 11) is 0. The van der Waals surface area contributed by atoms with Crippen molar-refractivity contribution in [3.8, 4) is 0 Å². The van der Waals surface area contributed by atoms with Crippen molar-refractivity contribution in [3.63, 3.8) is 0 Å². The number of rotatable bonds is 5. The fourth-order valence-electron chi connectivity index (χ4n) is 0.666. The summed E-state index contributed by atoms with van der Waals surface area (Å²) in [6, 6.07) is 0. The van der Waals surface area contributed by atoms with E-state index in [1.54, 1.807) is 0 Å².